The maximum absolute atomic E-state index is 11.2. The summed E-state index contributed by atoms with van der Waals surface area (Å²) in [6.45, 7) is 1.94. The first-order chi connectivity index (χ1) is 8.04. The molecular weight excluding hydrogens is 218 g/mol. The summed E-state index contributed by atoms with van der Waals surface area (Å²) in [6, 6.07) is 6.90. The summed E-state index contributed by atoms with van der Waals surface area (Å²) in [5.74, 6) is -0.825. The molecular formula is C13H17NO3. The van der Waals surface area contributed by atoms with Crippen LogP contribution in [0.5, 0.6) is 0 Å². The van der Waals surface area contributed by atoms with Gasteiger partial charge in [0.05, 0.1) is 5.56 Å². The van der Waals surface area contributed by atoms with E-state index in [0.717, 1.165) is 5.56 Å². The summed E-state index contributed by atoms with van der Waals surface area (Å²) in [4.78, 5) is 22.2. The average Bonchev–Trinajstić information content (AvgIpc) is 2.29. The molecule has 1 aromatic carbocycles. The Kier molecular flexibility index (Phi) is 4.69. The number of nitrogens with one attached hydrogen (secondary N) is 1. The topological polar surface area (TPSA) is 66.4 Å². The van der Waals surface area contributed by atoms with Crippen molar-refractivity contribution in [2.75, 3.05) is 7.05 Å². The lowest BCUT2D eigenvalue weighted by Gasteiger charge is -2.12. The molecule has 1 unspecified atom stereocenters. The monoisotopic (exact) mass is 235 g/mol. The molecule has 1 atom stereocenters. The van der Waals surface area contributed by atoms with Gasteiger partial charge in [0.1, 0.15) is 0 Å². The summed E-state index contributed by atoms with van der Waals surface area (Å²) in [7, 11) is 1.60. The standard InChI is InChI=1S/C13H17NO3/c1-9(8-12(15)14-2)7-10-5-3-4-6-11(10)13(16)17/h3-6,9H,7-8H2,1-2H3,(H,14,15)(H,16,17). The van der Waals surface area contributed by atoms with Crippen molar-refractivity contribution in [1.82, 2.24) is 5.32 Å². The zero-order valence-corrected chi connectivity index (χ0v) is 10.1. The number of carboxylic acid groups (broad SMARTS) is 1. The highest BCUT2D eigenvalue weighted by Crippen LogP contribution is 2.16. The first-order valence-electron chi connectivity index (χ1n) is 5.56. The number of carbonyl (C=O) groups is 2. The molecule has 92 valence electrons. The van der Waals surface area contributed by atoms with Crippen LogP contribution >= 0.6 is 0 Å². The maximum atomic E-state index is 11.2. The number of hydrogen-bond donors (Lipinski definition) is 2. The molecule has 0 aliphatic rings. The van der Waals surface area contributed by atoms with E-state index in [1.54, 1.807) is 25.2 Å². The zero-order valence-electron chi connectivity index (χ0n) is 10.1. The molecule has 1 amide bonds. The van der Waals surface area contributed by atoms with Gasteiger partial charge >= 0.3 is 5.97 Å². The molecule has 2 N–H and O–H groups in total. The quantitative estimate of drug-likeness (QED) is 0.816. The third-order valence-corrected chi connectivity index (χ3v) is 2.63. The van der Waals surface area contributed by atoms with Crippen molar-refractivity contribution in [3.05, 3.63) is 35.4 Å². The molecule has 0 saturated heterocycles. The Morgan fingerprint density at radius 1 is 1.35 bits per heavy atom. The Labute approximate surface area is 101 Å². The highest BCUT2D eigenvalue weighted by molar-refractivity contribution is 5.89. The van der Waals surface area contributed by atoms with Crippen LogP contribution in [0.2, 0.25) is 0 Å². The van der Waals surface area contributed by atoms with Gasteiger partial charge in [0.2, 0.25) is 5.91 Å². The Hall–Kier alpha value is -1.84. The SMILES string of the molecule is CNC(=O)CC(C)Cc1ccccc1C(=O)O. The molecule has 17 heavy (non-hydrogen) atoms. The molecule has 0 aliphatic heterocycles. The summed E-state index contributed by atoms with van der Waals surface area (Å²) < 4.78 is 0. The van der Waals surface area contributed by atoms with Gasteiger partial charge in [-0.3, -0.25) is 4.79 Å². The van der Waals surface area contributed by atoms with Crippen molar-refractivity contribution in [2.45, 2.75) is 19.8 Å². The van der Waals surface area contributed by atoms with Crippen LogP contribution in [-0.4, -0.2) is 24.0 Å². The second-order valence-electron chi connectivity index (χ2n) is 4.15. The summed E-state index contributed by atoms with van der Waals surface area (Å²) in [6.07, 6.45) is 1.00. The van der Waals surface area contributed by atoms with Crippen LogP contribution in [0.3, 0.4) is 0 Å². The molecule has 0 saturated carbocycles. The van der Waals surface area contributed by atoms with Crippen molar-refractivity contribution >= 4 is 11.9 Å². The number of carbonyl (C=O) groups excluding carboxylic acids is 1. The zero-order chi connectivity index (χ0) is 12.8. The molecule has 0 bridgehead atoms. The average molecular weight is 235 g/mol. The lowest BCUT2D eigenvalue weighted by atomic mass is 9.94. The summed E-state index contributed by atoms with van der Waals surface area (Å²) >= 11 is 0. The molecule has 1 rings (SSSR count). The maximum Gasteiger partial charge on any atom is 0.335 e. The van der Waals surface area contributed by atoms with Crippen molar-refractivity contribution in [3.63, 3.8) is 0 Å². The van der Waals surface area contributed by atoms with E-state index >= 15 is 0 Å². The molecule has 4 nitrogen and oxygen atoms in total. The van der Waals surface area contributed by atoms with Crippen LogP contribution in [-0.2, 0) is 11.2 Å². The number of carboxylic acids is 1. The minimum absolute atomic E-state index is 0.0229. The van der Waals surface area contributed by atoms with Crippen molar-refractivity contribution in [2.24, 2.45) is 5.92 Å². The Morgan fingerprint density at radius 3 is 2.59 bits per heavy atom. The van der Waals surface area contributed by atoms with Gasteiger partial charge in [-0.05, 0) is 24.0 Å². The van der Waals surface area contributed by atoms with Gasteiger partial charge in [0.25, 0.3) is 0 Å². The molecule has 4 heteroatoms. The van der Waals surface area contributed by atoms with Crippen LogP contribution in [0.4, 0.5) is 0 Å². The second-order valence-corrected chi connectivity index (χ2v) is 4.15. The third kappa shape index (κ3) is 3.90. The van der Waals surface area contributed by atoms with E-state index in [9.17, 15) is 9.59 Å². The van der Waals surface area contributed by atoms with E-state index in [1.807, 2.05) is 13.0 Å². The number of amides is 1. The number of hydrogen-bond acceptors (Lipinski definition) is 2. The smallest absolute Gasteiger partial charge is 0.335 e. The fourth-order valence-electron chi connectivity index (χ4n) is 1.77. The predicted molar refractivity (Wildman–Crippen MR) is 65.0 cm³/mol. The van der Waals surface area contributed by atoms with Gasteiger partial charge in [-0.1, -0.05) is 25.1 Å². The van der Waals surface area contributed by atoms with Gasteiger partial charge < -0.3 is 10.4 Å². The van der Waals surface area contributed by atoms with Crippen LogP contribution in [0.15, 0.2) is 24.3 Å². The minimum Gasteiger partial charge on any atom is -0.478 e. The molecule has 1 aromatic rings. The van der Waals surface area contributed by atoms with E-state index in [1.165, 1.54) is 0 Å². The molecule has 0 aromatic heterocycles. The fourth-order valence-corrected chi connectivity index (χ4v) is 1.77. The third-order valence-electron chi connectivity index (χ3n) is 2.63. The molecule has 0 aliphatic carbocycles. The van der Waals surface area contributed by atoms with Crippen molar-refractivity contribution in [1.29, 1.82) is 0 Å². The predicted octanol–water partition coefficient (Wildman–Crippen LogP) is 1.70. The van der Waals surface area contributed by atoms with E-state index in [2.05, 4.69) is 5.32 Å². The fraction of sp³-hybridized carbons (Fsp3) is 0.385. The van der Waals surface area contributed by atoms with E-state index in [0.29, 0.717) is 18.4 Å². The van der Waals surface area contributed by atoms with Crippen molar-refractivity contribution in [3.8, 4) is 0 Å². The highest BCUT2D eigenvalue weighted by atomic mass is 16.4. The molecule has 0 radical (unpaired) electrons. The van der Waals surface area contributed by atoms with Gasteiger partial charge in [0.15, 0.2) is 0 Å². The Balaban J connectivity index is 2.74. The Bertz CT molecular complexity index is 415. The van der Waals surface area contributed by atoms with Crippen LogP contribution in [0.1, 0.15) is 29.3 Å². The lowest BCUT2D eigenvalue weighted by molar-refractivity contribution is -0.121. The van der Waals surface area contributed by atoms with Crippen LogP contribution in [0.25, 0.3) is 0 Å². The number of rotatable bonds is 5. The normalized spacial score (nSPS) is 11.9. The van der Waals surface area contributed by atoms with Gasteiger partial charge in [-0.2, -0.15) is 0 Å². The van der Waals surface area contributed by atoms with E-state index in [4.69, 9.17) is 5.11 Å². The molecule has 0 fully saturated rings. The van der Waals surface area contributed by atoms with Crippen LogP contribution in [0, 0.1) is 5.92 Å². The van der Waals surface area contributed by atoms with Crippen LogP contribution < -0.4 is 5.32 Å². The summed E-state index contributed by atoms with van der Waals surface area (Å²) in [5.41, 5.74) is 1.09. The van der Waals surface area contributed by atoms with E-state index < -0.39 is 5.97 Å². The lowest BCUT2D eigenvalue weighted by Crippen LogP contribution is -2.21. The first kappa shape index (κ1) is 13.2. The second kappa shape index (κ2) is 6.03. The number of benzene rings is 1. The minimum atomic E-state index is -0.923. The highest BCUT2D eigenvalue weighted by Gasteiger charge is 2.13. The van der Waals surface area contributed by atoms with Gasteiger partial charge in [-0.15, -0.1) is 0 Å². The largest absolute Gasteiger partial charge is 0.478 e. The number of aromatic carboxylic acids is 1. The van der Waals surface area contributed by atoms with Gasteiger partial charge in [-0.25, -0.2) is 4.79 Å². The summed E-state index contributed by atoms with van der Waals surface area (Å²) in [5, 5.41) is 11.6. The van der Waals surface area contributed by atoms with Crippen molar-refractivity contribution < 1.29 is 14.7 Å². The molecule has 0 spiro atoms. The molecule has 0 heterocycles. The Morgan fingerprint density at radius 2 is 2.00 bits per heavy atom. The van der Waals surface area contributed by atoms with E-state index in [-0.39, 0.29) is 11.8 Å². The van der Waals surface area contributed by atoms with Gasteiger partial charge in [0, 0.05) is 13.5 Å². The first-order valence-corrected chi connectivity index (χ1v) is 5.56.